The summed E-state index contributed by atoms with van der Waals surface area (Å²) in [6.07, 6.45) is 3.33. The van der Waals surface area contributed by atoms with Gasteiger partial charge in [0.25, 0.3) is 0 Å². The van der Waals surface area contributed by atoms with E-state index in [-0.39, 0.29) is 0 Å². The van der Waals surface area contributed by atoms with Crippen LogP contribution in [0.15, 0.2) is 24.3 Å². The molecule has 0 saturated carbocycles. The SMILES string of the molecule is C/C=C/c1ccc([N+](=O)[O-])c([N+](=O)[O-])c1. The normalized spacial score (nSPS) is 10.5. The Bertz CT molecular complexity index is 440. The molecule has 0 atom stereocenters. The molecule has 0 bridgehead atoms. The van der Waals surface area contributed by atoms with Gasteiger partial charge in [0.2, 0.25) is 0 Å². The van der Waals surface area contributed by atoms with Crippen LogP contribution in [0.4, 0.5) is 11.4 Å². The molecule has 0 fully saturated rings. The molecule has 0 amide bonds. The van der Waals surface area contributed by atoms with Gasteiger partial charge in [-0.25, -0.2) is 0 Å². The molecule has 15 heavy (non-hydrogen) atoms. The summed E-state index contributed by atoms with van der Waals surface area (Å²) in [5.74, 6) is 0. The van der Waals surface area contributed by atoms with Gasteiger partial charge in [-0.15, -0.1) is 0 Å². The molecular formula is C9H8N2O4. The van der Waals surface area contributed by atoms with Crippen molar-refractivity contribution in [2.75, 3.05) is 0 Å². The summed E-state index contributed by atoms with van der Waals surface area (Å²) < 4.78 is 0. The summed E-state index contributed by atoms with van der Waals surface area (Å²) in [6, 6.07) is 3.77. The lowest BCUT2D eigenvalue weighted by molar-refractivity contribution is -0.422. The Morgan fingerprint density at radius 3 is 2.20 bits per heavy atom. The molecule has 0 spiro atoms. The van der Waals surface area contributed by atoms with Crippen LogP contribution in [0, 0.1) is 20.2 Å². The van der Waals surface area contributed by atoms with Gasteiger partial charge < -0.3 is 0 Å². The van der Waals surface area contributed by atoms with E-state index in [0.29, 0.717) is 5.56 Å². The van der Waals surface area contributed by atoms with E-state index < -0.39 is 21.2 Å². The molecule has 1 rings (SSSR count). The molecule has 0 aliphatic carbocycles. The van der Waals surface area contributed by atoms with Crippen molar-refractivity contribution in [3.63, 3.8) is 0 Å². The van der Waals surface area contributed by atoms with Crippen LogP contribution in [0.25, 0.3) is 6.08 Å². The Balaban J connectivity index is 3.33. The monoisotopic (exact) mass is 208 g/mol. The van der Waals surface area contributed by atoms with Gasteiger partial charge in [0.05, 0.1) is 9.85 Å². The van der Waals surface area contributed by atoms with Crippen molar-refractivity contribution in [3.8, 4) is 0 Å². The second kappa shape index (κ2) is 4.32. The first-order valence-corrected chi connectivity index (χ1v) is 4.11. The maximum absolute atomic E-state index is 10.6. The lowest BCUT2D eigenvalue weighted by Gasteiger charge is -1.96. The fraction of sp³-hybridized carbons (Fsp3) is 0.111. The smallest absolute Gasteiger partial charge is 0.258 e. The minimum absolute atomic E-state index is 0.490. The first-order chi connectivity index (χ1) is 7.06. The number of nitro benzene ring substituents is 2. The average molecular weight is 208 g/mol. The van der Waals surface area contributed by atoms with Gasteiger partial charge in [0.1, 0.15) is 0 Å². The lowest BCUT2D eigenvalue weighted by Crippen LogP contribution is -1.96. The Morgan fingerprint density at radius 2 is 1.73 bits per heavy atom. The highest BCUT2D eigenvalue weighted by molar-refractivity contribution is 5.61. The van der Waals surface area contributed by atoms with E-state index in [1.807, 2.05) is 0 Å². The Kier molecular flexibility index (Phi) is 3.12. The zero-order valence-electron chi connectivity index (χ0n) is 7.91. The molecule has 1 aromatic rings. The predicted molar refractivity (Wildman–Crippen MR) is 54.5 cm³/mol. The van der Waals surface area contributed by atoms with Crippen LogP contribution in [0.5, 0.6) is 0 Å². The van der Waals surface area contributed by atoms with Crippen LogP contribution in [0.2, 0.25) is 0 Å². The molecular weight excluding hydrogens is 200 g/mol. The predicted octanol–water partition coefficient (Wildman–Crippen LogP) is 2.54. The number of benzene rings is 1. The molecule has 78 valence electrons. The van der Waals surface area contributed by atoms with Crippen molar-refractivity contribution in [1.82, 2.24) is 0 Å². The van der Waals surface area contributed by atoms with Gasteiger partial charge >= 0.3 is 11.4 Å². The topological polar surface area (TPSA) is 86.3 Å². The lowest BCUT2D eigenvalue weighted by atomic mass is 10.1. The first kappa shape index (κ1) is 10.8. The second-order valence-corrected chi connectivity index (χ2v) is 2.76. The van der Waals surface area contributed by atoms with E-state index in [1.165, 1.54) is 12.1 Å². The highest BCUT2D eigenvalue weighted by Crippen LogP contribution is 2.27. The van der Waals surface area contributed by atoms with Gasteiger partial charge in [-0.1, -0.05) is 12.2 Å². The highest BCUT2D eigenvalue weighted by Gasteiger charge is 2.23. The molecule has 0 saturated heterocycles. The summed E-state index contributed by atoms with van der Waals surface area (Å²) in [5.41, 5.74) is -0.418. The van der Waals surface area contributed by atoms with Crippen LogP contribution in [-0.4, -0.2) is 9.85 Å². The largest absolute Gasteiger partial charge is 0.346 e. The molecule has 0 unspecified atom stereocenters. The first-order valence-electron chi connectivity index (χ1n) is 4.11. The number of nitro groups is 2. The molecule has 0 aliphatic heterocycles. The quantitative estimate of drug-likeness (QED) is 0.564. The molecule has 1 aromatic carbocycles. The van der Waals surface area contributed by atoms with Gasteiger partial charge in [0.15, 0.2) is 0 Å². The molecule has 0 aromatic heterocycles. The van der Waals surface area contributed by atoms with Crippen molar-refractivity contribution in [2.24, 2.45) is 0 Å². The molecule has 0 radical (unpaired) electrons. The molecule has 0 N–H and O–H groups in total. The second-order valence-electron chi connectivity index (χ2n) is 2.76. The fourth-order valence-corrected chi connectivity index (χ4v) is 1.14. The van der Waals surface area contributed by atoms with Crippen molar-refractivity contribution in [3.05, 3.63) is 50.1 Å². The molecule has 6 heteroatoms. The van der Waals surface area contributed by atoms with Crippen LogP contribution in [0.1, 0.15) is 12.5 Å². The van der Waals surface area contributed by atoms with Gasteiger partial charge in [-0.05, 0) is 18.6 Å². The number of nitrogens with zero attached hydrogens (tertiary/aromatic N) is 2. The van der Waals surface area contributed by atoms with Crippen LogP contribution >= 0.6 is 0 Å². The van der Waals surface area contributed by atoms with E-state index in [9.17, 15) is 20.2 Å². The zero-order valence-corrected chi connectivity index (χ0v) is 7.91. The number of rotatable bonds is 3. The zero-order chi connectivity index (χ0) is 11.4. The minimum Gasteiger partial charge on any atom is -0.258 e. The maximum Gasteiger partial charge on any atom is 0.346 e. The standard InChI is InChI=1S/C9H8N2O4/c1-2-3-7-4-5-8(10(12)13)9(6-7)11(14)15/h2-6H,1H3/b3-2+. The van der Waals surface area contributed by atoms with Crippen molar-refractivity contribution in [2.45, 2.75) is 6.92 Å². The third kappa shape index (κ3) is 2.37. The Hall–Kier alpha value is -2.24. The average Bonchev–Trinajstić information content (AvgIpc) is 2.17. The number of allylic oxidation sites excluding steroid dienone is 1. The summed E-state index contributed by atoms with van der Waals surface area (Å²) >= 11 is 0. The number of hydrogen-bond acceptors (Lipinski definition) is 4. The number of hydrogen-bond donors (Lipinski definition) is 0. The minimum atomic E-state index is -0.766. The van der Waals surface area contributed by atoms with Gasteiger partial charge in [-0.2, -0.15) is 0 Å². The Labute approximate surface area is 85.1 Å². The van der Waals surface area contributed by atoms with Crippen LogP contribution < -0.4 is 0 Å². The maximum atomic E-state index is 10.6. The van der Waals surface area contributed by atoms with Crippen LogP contribution in [-0.2, 0) is 0 Å². The van der Waals surface area contributed by atoms with Crippen molar-refractivity contribution in [1.29, 1.82) is 0 Å². The molecule has 0 aliphatic rings. The van der Waals surface area contributed by atoms with Gasteiger partial charge in [-0.3, -0.25) is 20.2 Å². The highest BCUT2D eigenvalue weighted by atomic mass is 16.6. The summed E-state index contributed by atoms with van der Waals surface area (Å²) in [7, 11) is 0. The van der Waals surface area contributed by atoms with E-state index in [1.54, 1.807) is 19.1 Å². The van der Waals surface area contributed by atoms with Crippen LogP contribution in [0.3, 0.4) is 0 Å². The summed E-state index contributed by atoms with van der Waals surface area (Å²) in [5, 5.41) is 21.0. The van der Waals surface area contributed by atoms with Gasteiger partial charge in [0, 0.05) is 12.1 Å². The molecule has 0 heterocycles. The summed E-state index contributed by atoms with van der Waals surface area (Å²) in [6.45, 7) is 1.76. The van der Waals surface area contributed by atoms with Crippen molar-refractivity contribution >= 4 is 17.5 Å². The fourth-order valence-electron chi connectivity index (χ4n) is 1.14. The van der Waals surface area contributed by atoms with E-state index in [4.69, 9.17) is 0 Å². The third-order valence-corrected chi connectivity index (χ3v) is 1.75. The Morgan fingerprint density at radius 1 is 1.13 bits per heavy atom. The third-order valence-electron chi connectivity index (χ3n) is 1.75. The van der Waals surface area contributed by atoms with Crippen molar-refractivity contribution < 1.29 is 9.85 Å². The van der Waals surface area contributed by atoms with E-state index in [0.717, 1.165) is 6.07 Å². The van der Waals surface area contributed by atoms with E-state index >= 15 is 0 Å². The summed E-state index contributed by atoms with van der Waals surface area (Å²) in [4.78, 5) is 19.5. The molecule has 6 nitrogen and oxygen atoms in total. The van der Waals surface area contributed by atoms with E-state index in [2.05, 4.69) is 0 Å².